The summed E-state index contributed by atoms with van der Waals surface area (Å²) in [4.78, 5) is 0. The van der Waals surface area contributed by atoms with Gasteiger partial charge in [-0.3, -0.25) is 14.1 Å². The van der Waals surface area contributed by atoms with Gasteiger partial charge in [-0.05, 0) is 0 Å². The first-order valence-electron chi connectivity index (χ1n) is 4.03. The van der Waals surface area contributed by atoms with Crippen molar-refractivity contribution in [3.63, 3.8) is 0 Å². The monoisotopic (exact) mass is 362 g/mol. The average Bonchev–Trinajstić information content (AvgIpc) is 2.41. The van der Waals surface area contributed by atoms with E-state index >= 15 is 0 Å². The molecular weight excluding hydrogens is 344 g/mol. The third-order valence-corrected chi connectivity index (χ3v) is 6.79. The van der Waals surface area contributed by atoms with Crippen LogP contribution in [-0.2, 0) is 22.9 Å². The van der Waals surface area contributed by atoms with Crippen molar-refractivity contribution in [2.24, 2.45) is 0 Å². The molecule has 0 amide bonds. The predicted molar refractivity (Wildman–Crippen MR) is 49.1 cm³/mol. The third-order valence-electron chi connectivity index (χ3n) is 1.65. The molecule has 0 fully saturated rings. The number of hydrogen-bond acceptors (Lipinski definition) is 0. The largest absolute Gasteiger partial charge is 0.269 e. The second kappa shape index (κ2) is 12.1. The Morgan fingerprint density at radius 3 is 2.46 bits per heavy atom. The Bertz CT molecular complexity index is 155. The summed E-state index contributed by atoms with van der Waals surface area (Å²) in [5, 5.41) is 0. The van der Waals surface area contributed by atoms with Gasteiger partial charge in [0, 0.05) is 0 Å². The van der Waals surface area contributed by atoms with Crippen molar-refractivity contribution in [1.29, 1.82) is 0 Å². The van der Waals surface area contributed by atoms with Crippen molar-refractivity contribution in [2.75, 3.05) is 0 Å². The molecule has 4 heteroatoms. The molecule has 0 saturated carbocycles. The van der Waals surface area contributed by atoms with Gasteiger partial charge in [0.05, 0.1) is 0 Å². The predicted octanol–water partition coefficient (Wildman–Crippen LogP) is 3.59. The fourth-order valence-corrected chi connectivity index (χ4v) is 5.77. The van der Waals surface area contributed by atoms with Gasteiger partial charge in [0.15, 0.2) is 0 Å². The van der Waals surface area contributed by atoms with E-state index < -0.39 is 0 Å². The summed E-state index contributed by atoms with van der Waals surface area (Å²) in [6, 6.07) is 0. The molecule has 0 radical (unpaired) electrons. The van der Waals surface area contributed by atoms with Gasteiger partial charge in [-0.2, -0.15) is 0 Å². The first-order valence-corrected chi connectivity index (χ1v) is 8.36. The molecule has 0 saturated heterocycles. The van der Waals surface area contributed by atoms with E-state index in [0.717, 1.165) is 0 Å². The molecule has 0 nitrogen and oxygen atoms in total. The summed E-state index contributed by atoms with van der Waals surface area (Å²) < 4.78 is 3.39. The SMILES string of the molecule is CCC[CH2][Hf][C]1=CC=CC1.F.F.F. The molecule has 0 bridgehead atoms. The van der Waals surface area contributed by atoms with E-state index in [1.165, 1.54) is 19.3 Å². The van der Waals surface area contributed by atoms with Gasteiger partial charge in [-0.15, -0.1) is 0 Å². The maximum atomic E-state index is 2.35. The smallest absolute Gasteiger partial charge is 0.269 e. The van der Waals surface area contributed by atoms with Gasteiger partial charge in [-0.25, -0.2) is 0 Å². The van der Waals surface area contributed by atoms with Gasteiger partial charge < -0.3 is 0 Å². The fraction of sp³-hybridized carbons (Fsp3) is 0.556. The molecule has 1 rings (SSSR count). The zero-order chi connectivity index (χ0) is 7.23. The molecule has 0 aliphatic heterocycles. The Morgan fingerprint density at radius 2 is 2.00 bits per heavy atom. The van der Waals surface area contributed by atoms with Gasteiger partial charge in [-0.1, -0.05) is 0 Å². The normalized spacial score (nSPS) is 11.9. The van der Waals surface area contributed by atoms with Crippen molar-refractivity contribution in [3.05, 3.63) is 21.6 Å². The molecule has 0 aromatic heterocycles. The van der Waals surface area contributed by atoms with Crippen LogP contribution in [0.2, 0.25) is 4.18 Å². The summed E-state index contributed by atoms with van der Waals surface area (Å²) in [5.74, 6) is 0. The topological polar surface area (TPSA) is 0 Å². The molecule has 1 aliphatic rings. The van der Waals surface area contributed by atoms with Crippen LogP contribution in [0, 0.1) is 0 Å². The molecule has 0 spiro atoms. The van der Waals surface area contributed by atoms with Crippen LogP contribution in [0.1, 0.15) is 26.2 Å². The molecule has 0 aromatic carbocycles. The van der Waals surface area contributed by atoms with E-state index in [-0.39, 0.29) is 37.0 Å². The van der Waals surface area contributed by atoms with E-state index in [0.29, 0.717) is 0 Å². The maximum absolute atomic E-state index is 2.35. The Labute approximate surface area is 88.9 Å². The molecule has 0 unspecified atom stereocenters. The Kier molecular flexibility index (Phi) is 17.6. The molecule has 1 aliphatic carbocycles. The minimum Gasteiger partial charge on any atom is -0.269 e. The number of halogens is 3. The Hall–Kier alpha value is 0.140. The molecule has 0 atom stereocenters. The van der Waals surface area contributed by atoms with Crippen molar-refractivity contribution < 1.29 is 37.0 Å². The van der Waals surface area contributed by atoms with Gasteiger partial charge in [0.1, 0.15) is 0 Å². The van der Waals surface area contributed by atoms with Gasteiger partial charge in [0.2, 0.25) is 0 Å². The Morgan fingerprint density at radius 1 is 1.31 bits per heavy atom. The fourth-order valence-electron chi connectivity index (χ4n) is 1.00. The summed E-state index contributed by atoms with van der Waals surface area (Å²) in [6.45, 7) is 2.28. The first kappa shape index (κ1) is 18.8. The molecule has 0 N–H and O–H groups in total. The number of hydrogen-bond donors (Lipinski definition) is 0. The van der Waals surface area contributed by atoms with Crippen LogP contribution in [-0.4, -0.2) is 0 Å². The van der Waals surface area contributed by atoms with E-state index in [2.05, 4.69) is 25.2 Å². The summed E-state index contributed by atoms with van der Waals surface area (Å²) >= 11 is -0.283. The standard InChI is InChI=1S/C5H5.C4H9.3FH.Hf/c1-2-4-5-3-1;1-3-4-2;;;;/h1-3H,4H2;1,3-4H2,2H3;3*1H;. The Balaban J connectivity index is -0.000000333. The summed E-state index contributed by atoms with van der Waals surface area (Å²) in [7, 11) is 0. The van der Waals surface area contributed by atoms with Crippen LogP contribution >= 0.6 is 0 Å². The zero-order valence-corrected chi connectivity index (χ0v) is 11.4. The molecule has 0 heterocycles. The van der Waals surface area contributed by atoms with Gasteiger partial charge in [0.25, 0.3) is 0 Å². The van der Waals surface area contributed by atoms with Crippen molar-refractivity contribution in [2.45, 2.75) is 30.4 Å². The van der Waals surface area contributed by atoms with Crippen molar-refractivity contribution in [1.82, 2.24) is 0 Å². The van der Waals surface area contributed by atoms with E-state index in [9.17, 15) is 0 Å². The number of allylic oxidation sites excluding steroid dienone is 4. The van der Waals surface area contributed by atoms with Crippen LogP contribution in [0.15, 0.2) is 21.6 Å². The zero-order valence-electron chi connectivity index (χ0n) is 7.79. The minimum atomic E-state index is -0.283. The first-order chi connectivity index (χ1) is 4.93. The summed E-state index contributed by atoms with van der Waals surface area (Å²) in [5.41, 5.74) is 0. The maximum Gasteiger partial charge on any atom is -0.269 e. The second-order valence-corrected chi connectivity index (χ2v) is 7.98. The van der Waals surface area contributed by atoms with Crippen LogP contribution in [0.25, 0.3) is 0 Å². The van der Waals surface area contributed by atoms with Crippen molar-refractivity contribution in [3.8, 4) is 0 Å². The molecule has 13 heavy (non-hydrogen) atoms. The molecule has 0 aromatic rings. The third kappa shape index (κ3) is 8.47. The van der Waals surface area contributed by atoms with Crippen LogP contribution in [0.4, 0.5) is 14.1 Å². The minimum absolute atomic E-state index is 0. The number of rotatable bonds is 4. The van der Waals surface area contributed by atoms with Crippen LogP contribution < -0.4 is 0 Å². The van der Waals surface area contributed by atoms with Crippen molar-refractivity contribution >= 4 is 0 Å². The van der Waals surface area contributed by atoms with Gasteiger partial charge >= 0.3 is 74.8 Å². The van der Waals surface area contributed by atoms with Crippen LogP contribution in [0.3, 0.4) is 0 Å². The van der Waals surface area contributed by atoms with Crippen LogP contribution in [0.5, 0.6) is 0 Å². The summed E-state index contributed by atoms with van der Waals surface area (Å²) in [6.07, 6.45) is 11.0. The number of unbranched alkanes of at least 4 members (excludes halogenated alkanes) is 1. The quantitative estimate of drug-likeness (QED) is 0.531. The molecule has 78 valence electrons. The second-order valence-electron chi connectivity index (χ2n) is 2.60. The van der Waals surface area contributed by atoms with E-state index in [1.54, 1.807) is 4.18 Å². The van der Waals surface area contributed by atoms with E-state index in [4.69, 9.17) is 0 Å². The molecular formula is C9H17F3Hf. The average molecular weight is 361 g/mol. The van der Waals surface area contributed by atoms with E-state index in [1.807, 2.05) is 3.33 Å².